The van der Waals surface area contributed by atoms with Crippen molar-refractivity contribution in [3.8, 4) is 11.5 Å². The maximum absolute atomic E-state index is 5.27. The zero-order valence-electron chi connectivity index (χ0n) is 11.6. The predicted molar refractivity (Wildman–Crippen MR) is 81.9 cm³/mol. The quantitative estimate of drug-likeness (QED) is 0.772. The van der Waals surface area contributed by atoms with Gasteiger partial charge >= 0.3 is 0 Å². The number of allylic oxidation sites excluding steroid dienone is 2. The summed E-state index contributed by atoms with van der Waals surface area (Å²) < 4.78 is 10.5. The van der Waals surface area contributed by atoms with Gasteiger partial charge in [0.05, 0.1) is 19.9 Å². The molecule has 2 rings (SSSR count). The second-order valence-electron chi connectivity index (χ2n) is 4.09. The molecule has 0 aliphatic rings. The number of nitrogens with zero attached hydrogens (tertiary/aromatic N) is 1. The molecule has 0 N–H and O–H groups in total. The zero-order valence-corrected chi connectivity index (χ0v) is 11.6. The second kappa shape index (κ2) is 7.14. The number of aromatic nitrogens is 1. The SMILES string of the molecule is COc1ccc(C=CC=Cc2ccccn2)cc1OC. The van der Waals surface area contributed by atoms with Crippen molar-refractivity contribution < 1.29 is 9.47 Å². The average Bonchev–Trinajstić information content (AvgIpc) is 2.52. The molecule has 0 unspecified atom stereocenters. The standard InChI is InChI=1S/C17H17NO2/c1-19-16-11-10-14(13-17(16)20-2)7-3-4-8-15-9-5-6-12-18-15/h3-13H,1-2H3. The highest BCUT2D eigenvalue weighted by Gasteiger charge is 2.01. The highest BCUT2D eigenvalue weighted by molar-refractivity contribution is 5.59. The molecule has 0 saturated heterocycles. The average molecular weight is 267 g/mol. The van der Waals surface area contributed by atoms with Gasteiger partial charge in [-0.25, -0.2) is 0 Å². The van der Waals surface area contributed by atoms with Crippen molar-refractivity contribution in [2.75, 3.05) is 14.2 Å². The van der Waals surface area contributed by atoms with Crippen molar-refractivity contribution in [3.63, 3.8) is 0 Å². The molecule has 2 aromatic rings. The fraction of sp³-hybridized carbons (Fsp3) is 0.118. The fourth-order valence-electron chi connectivity index (χ4n) is 1.75. The monoisotopic (exact) mass is 267 g/mol. The normalized spacial score (nSPS) is 11.1. The van der Waals surface area contributed by atoms with E-state index in [1.165, 1.54) is 0 Å². The van der Waals surface area contributed by atoms with Gasteiger partial charge in [-0.3, -0.25) is 4.98 Å². The van der Waals surface area contributed by atoms with Crippen molar-refractivity contribution in [2.45, 2.75) is 0 Å². The molecular weight excluding hydrogens is 250 g/mol. The lowest BCUT2D eigenvalue weighted by atomic mass is 10.2. The molecule has 0 fully saturated rings. The topological polar surface area (TPSA) is 31.4 Å². The van der Waals surface area contributed by atoms with E-state index in [0.717, 1.165) is 22.8 Å². The summed E-state index contributed by atoms with van der Waals surface area (Å²) in [7, 11) is 3.26. The van der Waals surface area contributed by atoms with Gasteiger partial charge in [0.2, 0.25) is 0 Å². The molecule has 1 heterocycles. The number of benzene rings is 1. The number of hydrogen-bond acceptors (Lipinski definition) is 3. The van der Waals surface area contributed by atoms with Crippen molar-refractivity contribution in [1.82, 2.24) is 4.98 Å². The van der Waals surface area contributed by atoms with Crippen LogP contribution in [0.4, 0.5) is 0 Å². The third-order valence-electron chi connectivity index (χ3n) is 2.76. The lowest BCUT2D eigenvalue weighted by molar-refractivity contribution is 0.355. The van der Waals surface area contributed by atoms with E-state index < -0.39 is 0 Å². The molecule has 1 aromatic heterocycles. The summed E-state index contributed by atoms with van der Waals surface area (Å²) in [6.07, 6.45) is 9.66. The van der Waals surface area contributed by atoms with Crippen LogP contribution in [0.2, 0.25) is 0 Å². The molecule has 0 spiro atoms. The van der Waals surface area contributed by atoms with Crippen LogP contribution in [0.25, 0.3) is 12.2 Å². The number of methoxy groups -OCH3 is 2. The molecular formula is C17H17NO2. The first-order chi connectivity index (χ1) is 9.83. The van der Waals surface area contributed by atoms with Crippen molar-refractivity contribution in [1.29, 1.82) is 0 Å². The van der Waals surface area contributed by atoms with Crippen LogP contribution in [0.3, 0.4) is 0 Å². The van der Waals surface area contributed by atoms with Gasteiger partial charge < -0.3 is 9.47 Å². The summed E-state index contributed by atoms with van der Waals surface area (Å²) in [5.41, 5.74) is 1.98. The van der Waals surface area contributed by atoms with E-state index in [2.05, 4.69) is 4.98 Å². The lowest BCUT2D eigenvalue weighted by Crippen LogP contribution is -1.90. The minimum absolute atomic E-state index is 0.725. The molecule has 0 atom stereocenters. The number of pyridine rings is 1. The van der Waals surface area contributed by atoms with E-state index in [1.54, 1.807) is 20.4 Å². The van der Waals surface area contributed by atoms with Gasteiger partial charge in [0.1, 0.15) is 0 Å². The van der Waals surface area contributed by atoms with Crippen LogP contribution in [0.1, 0.15) is 11.3 Å². The van der Waals surface area contributed by atoms with Crippen LogP contribution in [0.15, 0.2) is 54.7 Å². The Balaban J connectivity index is 2.06. The zero-order chi connectivity index (χ0) is 14.2. The van der Waals surface area contributed by atoms with Crippen molar-refractivity contribution >= 4 is 12.2 Å². The van der Waals surface area contributed by atoms with Crippen LogP contribution >= 0.6 is 0 Å². The molecule has 102 valence electrons. The van der Waals surface area contributed by atoms with Gasteiger partial charge in [0.15, 0.2) is 11.5 Å². The molecule has 3 nitrogen and oxygen atoms in total. The number of ether oxygens (including phenoxy) is 2. The van der Waals surface area contributed by atoms with Crippen LogP contribution in [0, 0.1) is 0 Å². The molecule has 0 saturated carbocycles. The fourth-order valence-corrected chi connectivity index (χ4v) is 1.75. The minimum Gasteiger partial charge on any atom is -0.493 e. The Morgan fingerprint density at radius 3 is 2.40 bits per heavy atom. The highest BCUT2D eigenvalue weighted by atomic mass is 16.5. The Labute approximate surface area is 119 Å². The van der Waals surface area contributed by atoms with E-state index >= 15 is 0 Å². The van der Waals surface area contributed by atoms with E-state index in [-0.39, 0.29) is 0 Å². The van der Waals surface area contributed by atoms with Crippen LogP contribution < -0.4 is 9.47 Å². The molecule has 1 aromatic carbocycles. The Hall–Kier alpha value is -2.55. The van der Waals surface area contributed by atoms with Gasteiger partial charge in [-0.2, -0.15) is 0 Å². The Bertz CT molecular complexity index is 604. The first kappa shape index (κ1) is 13.9. The maximum Gasteiger partial charge on any atom is 0.161 e. The maximum atomic E-state index is 5.27. The van der Waals surface area contributed by atoms with Gasteiger partial charge in [0, 0.05) is 6.20 Å². The largest absolute Gasteiger partial charge is 0.493 e. The van der Waals surface area contributed by atoms with Crippen LogP contribution in [-0.4, -0.2) is 19.2 Å². The summed E-state index contributed by atoms with van der Waals surface area (Å²) >= 11 is 0. The summed E-state index contributed by atoms with van der Waals surface area (Å²) in [6.45, 7) is 0. The van der Waals surface area contributed by atoms with E-state index in [9.17, 15) is 0 Å². The molecule has 0 aliphatic carbocycles. The second-order valence-corrected chi connectivity index (χ2v) is 4.09. The van der Waals surface area contributed by atoms with Gasteiger partial charge in [-0.1, -0.05) is 30.4 Å². The van der Waals surface area contributed by atoms with Gasteiger partial charge in [0.25, 0.3) is 0 Å². The highest BCUT2D eigenvalue weighted by Crippen LogP contribution is 2.27. The summed E-state index contributed by atoms with van der Waals surface area (Å²) in [5, 5.41) is 0. The Morgan fingerprint density at radius 2 is 1.70 bits per heavy atom. The first-order valence-corrected chi connectivity index (χ1v) is 6.31. The predicted octanol–water partition coefficient (Wildman–Crippen LogP) is 3.83. The molecule has 20 heavy (non-hydrogen) atoms. The summed E-state index contributed by atoms with van der Waals surface area (Å²) in [4.78, 5) is 4.22. The minimum atomic E-state index is 0.725. The molecule has 3 heteroatoms. The molecule has 0 aliphatic heterocycles. The van der Waals surface area contributed by atoms with Crippen LogP contribution in [0.5, 0.6) is 11.5 Å². The van der Waals surface area contributed by atoms with Gasteiger partial charge in [-0.05, 0) is 35.9 Å². The van der Waals surface area contributed by atoms with E-state index in [1.807, 2.05) is 60.7 Å². The Morgan fingerprint density at radius 1 is 0.900 bits per heavy atom. The summed E-state index contributed by atoms with van der Waals surface area (Å²) in [6, 6.07) is 11.6. The third-order valence-corrected chi connectivity index (χ3v) is 2.76. The number of hydrogen-bond donors (Lipinski definition) is 0. The first-order valence-electron chi connectivity index (χ1n) is 6.31. The third kappa shape index (κ3) is 3.72. The van der Waals surface area contributed by atoms with E-state index in [0.29, 0.717) is 0 Å². The molecule has 0 amide bonds. The smallest absolute Gasteiger partial charge is 0.161 e. The summed E-state index contributed by atoms with van der Waals surface area (Å²) in [5.74, 6) is 1.46. The van der Waals surface area contributed by atoms with Crippen molar-refractivity contribution in [3.05, 3.63) is 66.0 Å². The van der Waals surface area contributed by atoms with Gasteiger partial charge in [-0.15, -0.1) is 0 Å². The van der Waals surface area contributed by atoms with Crippen molar-refractivity contribution in [2.24, 2.45) is 0 Å². The molecule has 0 bridgehead atoms. The lowest BCUT2D eigenvalue weighted by Gasteiger charge is -2.07. The van der Waals surface area contributed by atoms with E-state index in [4.69, 9.17) is 9.47 Å². The molecule has 0 radical (unpaired) electrons. The van der Waals surface area contributed by atoms with Crippen LogP contribution in [-0.2, 0) is 0 Å². The number of rotatable bonds is 5. The Kier molecular flexibility index (Phi) is 4.95.